The maximum atomic E-state index is 12.8. The molecule has 2 aromatic carbocycles. The minimum Gasteiger partial charge on any atom is -0.346 e. The van der Waals surface area contributed by atoms with E-state index in [2.05, 4.69) is 15.0 Å². The molecule has 0 aliphatic heterocycles. The molecule has 3 aromatic rings. The number of aryl methyl sites for hydroxylation is 1. The van der Waals surface area contributed by atoms with E-state index in [0.717, 1.165) is 11.3 Å². The monoisotopic (exact) mass is 412 g/mol. The van der Waals surface area contributed by atoms with Gasteiger partial charge >= 0.3 is 0 Å². The number of hydrogen-bond donors (Lipinski definition) is 2. The molecule has 7 nitrogen and oxygen atoms in total. The molecule has 1 unspecified atom stereocenters. The van der Waals surface area contributed by atoms with Crippen LogP contribution in [0.1, 0.15) is 41.4 Å². The van der Waals surface area contributed by atoms with Gasteiger partial charge in [-0.25, -0.2) is 18.1 Å². The molecule has 0 bridgehead atoms. The van der Waals surface area contributed by atoms with Crippen LogP contribution in [0, 0.1) is 6.92 Å². The molecule has 1 amide bonds. The largest absolute Gasteiger partial charge is 0.346 e. The first-order valence-electron chi connectivity index (χ1n) is 9.31. The zero-order chi connectivity index (χ0) is 21.0. The summed E-state index contributed by atoms with van der Waals surface area (Å²) in [6.45, 7) is 5.66. The fraction of sp³-hybridized carbons (Fsp3) is 0.238. The summed E-state index contributed by atoms with van der Waals surface area (Å²) < 4.78 is 28.8. The van der Waals surface area contributed by atoms with Crippen molar-refractivity contribution < 1.29 is 13.2 Å². The van der Waals surface area contributed by atoms with Gasteiger partial charge in [0.15, 0.2) is 0 Å². The lowest BCUT2D eigenvalue weighted by Gasteiger charge is -2.16. The van der Waals surface area contributed by atoms with Crippen molar-refractivity contribution in [3.05, 3.63) is 77.9 Å². The van der Waals surface area contributed by atoms with Gasteiger partial charge in [0.25, 0.3) is 5.91 Å². The molecule has 1 atom stereocenters. The molecule has 29 heavy (non-hydrogen) atoms. The Balaban J connectivity index is 1.77. The maximum absolute atomic E-state index is 12.8. The average Bonchev–Trinajstić information content (AvgIpc) is 3.23. The van der Waals surface area contributed by atoms with E-state index in [4.69, 9.17) is 0 Å². The number of aromatic nitrogens is 2. The topological polar surface area (TPSA) is 93.1 Å². The van der Waals surface area contributed by atoms with E-state index in [9.17, 15) is 13.2 Å². The standard InChI is InChI=1S/C21H24N4O3S/c1-4-23-29(27,28)19-10-5-15(2)20(13-19)21(26)24-16(3)17-6-8-18(9-7-17)25-12-11-22-14-25/h5-14,16,23H,4H2,1-3H3,(H,24,26). The Morgan fingerprint density at radius 2 is 1.90 bits per heavy atom. The van der Waals surface area contributed by atoms with Gasteiger partial charge in [0.2, 0.25) is 10.0 Å². The summed E-state index contributed by atoms with van der Waals surface area (Å²) in [5.41, 5.74) is 2.96. The first-order chi connectivity index (χ1) is 13.8. The predicted octanol–water partition coefficient (Wildman–Crippen LogP) is 2.97. The van der Waals surface area contributed by atoms with Gasteiger partial charge in [-0.2, -0.15) is 0 Å². The van der Waals surface area contributed by atoms with Crippen molar-refractivity contribution >= 4 is 15.9 Å². The van der Waals surface area contributed by atoms with E-state index in [1.54, 1.807) is 32.4 Å². The van der Waals surface area contributed by atoms with Crippen molar-refractivity contribution in [1.29, 1.82) is 0 Å². The first-order valence-corrected chi connectivity index (χ1v) is 10.8. The van der Waals surface area contributed by atoms with Crippen LogP contribution in [0.4, 0.5) is 0 Å². The van der Waals surface area contributed by atoms with E-state index in [1.165, 1.54) is 12.1 Å². The van der Waals surface area contributed by atoms with Crippen LogP contribution in [0.25, 0.3) is 5.69 Å². The number of benzene rings is 2. The summed E-state index contributed by atoms with van der Waals surface area (Å²) in [6.07, 6.45) is 5.29. The molecule has 0 saturated carbocycles. The van der Waals surface area contributed by atoms with Gasteiger partial charge in [-0.3, -0.25) is 4.79 Å². The van der Waals surface area contributed by atoms with Crippen molar-refractivity contribution in [2.75, 3.05) is 6.54 Å². The molecular weight excluding hydrogens is 388 g/mol. The van der Waals surface area contributed by atoms with E-state index in [-0.39, 0.29) is 23.4 Å². The number of sulfonamides is 1. The minimum absolute atomic E-state index is 0.0763. The SMILES string of the molecule is CCNS(=O)(=O)c1ccc(C)c(C(=O)NC(C)c2ccc(-n3ccnc3)cc2)c1. The van der Waals surface area contributed by atoms with Crippen molar-refractivity contribution in [1.82, 2.24) is 19.6 Å². The maximum Gasteiger partial charge on any atom is 0.252 e. The molecule has 3 rings (SSSR count). The Morgan fingerprint density at radius 1 is 1.17 bits per heavy atom. The second-order valence-electron chi connectivity index (χ2n) is 6.73. The second-order valence-corrected chi connectivity index (χ2v) is 8.50. The summed E-state index contributed by atoms with van der Waals surface area (Å²) in [4.78, 5) is 16.9. The fourth-order valence-corrected chi connectivity index (χ4v) is 4.06. The Bertz CT molecular complexity index is 1090. The molecule has 0 spiro atoms. The Labute approximate surface area is 170 Å². The van der Waals surface area contributed by atoms with E-state index >= 15 is 0 Å². The van der Waals surface area contributed by atoms with Gasteiger partial charge in [-0.1, -0.05) is 25.1 Å². The molecule has 2 N–H and O–H groups in total. The number of rotatable bonds is 7. The molecule has 0 fully saturated rings. The molecule has 0 saturated heterocycles. The molecule has 0 aliphatic carbocycles. The third kappa shape index (κ3) is 4.72. The van der Waals surface area contributed by atoms with Crippen molar-refractivity contribution in [3.8, 4) is 5.69 Å². The summed E-state index contributed by atoms with van der Waals surface area (Å²) >= 11 is 0. The normalized spacial score (nSPS) is 12.5. The predicted molar refractivity (Wildman–Crippen MR) is 111 cm³/mol. The average molecular weight is 413 g/mol. The zero-order valence-electron chi connectivity index (χ0n) is 16.6. The van der Waals surface area contributed by atoms with Crippen LogP contribution in [0.15, 0.2) is 66.1 Å². The summed E-state index contributed by atoms with van der Waals surface area (Å²) in [7, 11) is -3.63. The summed E-state index contributed by atoms with van der Waals surface area (Å²) in [5, 5.41) is 2.94. The highest BCUT2D eigenvalue weighted by Crippen LogP contribution is 2.19. The third-order valence-corrected chi connectivity index (χ3v) is 6.18. The second kappa shape index (κ2) is 8.59. The highest BCUT2D eigenvalue weighted by molar-refractivity contribution is 7.89. The van der Waals surface area contributed by atoms with Crippen molar-refractivity contribution in [3.63, 3.8) is 0 Å². The van der Waals surface area contributed by atoms with E-state index in [0.29, 0.717) is 11.1 Å². The van der Waals surface area contributed by atoms with Crippen LogP contribution in [0.5, 0.6) is 0 Å². The van der Waals surface area contributed by atoms with Gasteiger partial charge in [0.05, 0.1) is 17.3 Å². The Hall–Kier alpha value is -2.97. The number of nitrogens with zero attached hydrogens (tertiary/aromatic N) is 2. The smallest absolute Gasteiger partial charge is 0.252 e. The lowest BCUT2D eigenvalue weighted by molar-refractivity contribution is 0.0939. The van der Waals surface area contributed by atoms with Crippen LogP contribution in [0.2, 0.25) is 0 Å². The number of hydrogen-bond acceptors (Lipinski definition) is 4. The van der Waals surface area contributed by atoms with Gasteiger partial charge < -0.3 is 9.88 Å². The van der Waals surface area contributed by atoms with Crippen LogP contribution < -0.4 is 10.0 Å². The molecule has 0 aliphatic rings. The van der Waals surface area contributed by atoms with E-state index < -0.39 is 10.0 Å². The first kappa shape index (κ1) is 20.8. The number of nitrogens with one attached hydrogen (secondary N) is 2. The van der Waals surface area contributed by atoms with E-state index in [1.807, 2.05) is 42.0 Å². The Kier molecular flexibility index (Phi) is 6.14. The van der Waals surface area contributed by atoms with Gasteiger partial charge in [0, 0.05) is 30.2 Å². The highest BCUT2D eigenvalue weighted by atomic mass is 32.2. The highest BCUT2D eigenvalue weighted by Gasteiger charge is 2.18. The third-order valence-electron chi connectivity index (χ3n) is 4.64. The lowest BCUT2D eigenvalue weighted by Crippen LogP contribution is -2.28. The molecule has 1 aromatic heterocycles. The fourth-order valence-electron chi connectivity index (χ4n) is 2.99. The Morgan fingerprint density at radius 3 is 2.52 bits per heavy atom. The van der Waals surface area contributed by atoms with Crippen LogP contribution in [-0.4, -0.2) is 30.4 Å². The summed E-state index contributed by atoms with van der Waals surface area (Å²) in [6, 6.07) is 12.1. The van der Waals surface area contributed by atoms with Gasteiger partial charge in [-0.05, 0) is 49.2 Å². The number of carbonyl (C=O) groups is 1. The van der Waals surface area contributed by atoms with Gasteiger partial charge in [-0.15, -0.1) is 0 Å². The van der Waals surface area contributed by atoms with Crippen LogP contribution in [0.3, 0.4) is 0 Å². The number of carbonyl (C=O) groups excluding carboxylic acids is 1. The summed E-state index contributed by atoms with van der Waals surface area (Å²) in [5.74, 6) is -0.317. The van der Waals surface area contributed by atoms with Crippen molar-refractivity contribution in [2.45, 2.75) is 31.7 Å². The molecule has 8 heteroatoms. The molecule has 152 valence electrons. The molecule has 1 heterocycles. The lowest BCUT2D eigenvalue weighted by atomic mass is 10.1. The molecular formula is C21H24N4O3S. The minimum atomic E-state index is -3.63. The number of amides is 1. The quantitative estimate of drug-likeness (QED) is 0.624. The number of imidazole rings is 1. The van der Waals surface area contributed by atoms with Crippen LogP contribution in [-0.2, 0) is 10.0 Å². The van der Waals surface area contributed by atoms with Gasteiger partial charge in [0.1, 0.15) is 0 Å². The molecule has 0 radical (unpaired) electrons. The van der Waals surface area contributed by atoms with Crippen molar-refractivity contribution in [2.24, 2.45) is 0 Å². The van der Waals surface area contributed by atoms with Crippen LogP contribution >= 0.6 is 0 Å². The zero-order valence-corrected chi connectivity index (χ0v) is 17.4.